The summed E-state index contributed by atoms with van der Waals surface area (Å²) in [6, 6.07) is 5.16. The minimum atomic E-state index is -0.945. The van der Waals surface area contributed by atoms with Gasteiger partial charge in [-0.25, -0.2) is 0 Å². The zero-order chi connectivity index (χ0) is 11.8. The molecule has 1 aromatic rings. The lowest BCUT2D eigenvalue weighted by Crippen LogP contribution is -2.19. The van der Waals surface area contributed by atoms with Gasteiger partial charge in [0.05, 0.1) is 19.8 Å². The van der Waals surface area contributed by atoms with Crippen molar-refractivity contribution < 1.29 is 19.7 Å². The van der Waals surface area contributed by atoms with Gasteiger partial charge in [0.15, 0.2) is 11.5 Å². The van der Waals surface area contributed by atoms with Gasteiger partial charge in [-0.2, -0.15) is 0 Å². The Labute approximate surface area is 94.4 Å². The summed E-state index contributed by atoms with van der Waals surface area (Å²) >= 11 is 0. The van der Waals surface area contributed by atoms with Crippen LogP contribution in [0.15, 0.2) is 18.2 Å². The molecular weight excluding hydrogens is 208 g/mol. The molecule has 1 atom stereocenters. The molecule has 88 valence electrons. The van der Waals surface area contributed by atoms with Crippen LogP contribution in [0.4, 0.5) is 0 Å². The molecule has 2 rings (SSSR count). The van der Waals surface area contributed by atoms with Crippen molar-refractivity contribution in [1.82, 2.24) is 0 Å². The fourth-order valence-corrected chi connectivity index (χ4v) is 1.73. The summed E-state index contributed by atoms with van der Waals surface area (Å²) in [5.41, 5.74) is -0.294. The first-order valence-electron chi connectivity index (χ1n) is 5.23. The third kappa shape index (κ3) is 1.86. The molecule has 0 bridgehead atoms. The van der Waals surface area contributed by atoms with Crippen LogP contribution in [-0.4, -0.2) is 30.0 Å². The molecule has 0 amide bonds. The number of aliphatic hydroxyl groups excluding tert-OH is 1. The van der Waals surface area contributed by atoms with Crippen molar-refractivity contribution in [2.45, 2.75) is 24.5 Å². The Kier molecular flexibility index (Phi) is 2.78. The molecular formula is C12H16O4. The summed E-state index contributed by atoms with van der Waals surface area (Å²) in [6.07, 6.45) is 0.428. The second-order valence-electron chi connectivity index (χ2n) is 4.12. The van der Waals surface area contributed by atoms with Crippen LogP contribution >= 0.6 is 0 Å². The molecule has 0 saturated heterocycles. The number of hydrogen-bond donors (Lipinski definition) is 2. The lowest BCUT2D eigenvalue weighted by molar-refractivity contribution is -0.00184. The van der Waals surface area contributed by atoms with Crippen LogP contribution in [-0.2, 0) is 0 Å². The molecule has 0 unspecified atom stereocenters. The van der Waals surface area contributed by atoms with Gasteiger partial charge in [-0.05, 0) is 30.5 Å². The summed E-state index contributed by atoms with van der Waals surface area (Å²) in [5.74, 6) is 1.17. The maximum atomic E-state index is 9.96. The first kappa shape index (κ1) is 11.2. The van der Waals surface area contributed by atoms with Gasteiger partial charge < -0.3 is 19.7 Å². The molecule has 1 aliphatic carbocycles. The highest BCUT2D eigenvalue weighted by molar-refractivity contribution is 5.44. The zero-order valence-electron chi connectivity index (χ0n) is 9.43. The molecule has 16 heavy (non-hydrogen) atoms. The predicted octanol–water partition coefficient (Wildman–Crippen LogP) is 1.26. The minimum absolute atomic E-state index is 0.559. The molecule has 1 saturated carbocycles. The van der Waals surface area contributed by atoms with E-state index < -0.39 is 11.7 Å². The third-order valence-corrected chi connectivity index (χ3v) is 2.99. The molecule has 1 aromatic carbocycles. The lowest BCUT2D eigenvalue weighted by atomic mass is 10.0. The Morgan fingerprint density at radius 2 is 1.81 bits per heavy atom. The smallest absolute Gasteiger partial charge is 0.161 e. The number of benzene rings is 1. The van der Waals surface area contributed by atoms with Crippen molar-refractivity contribution in [2.75, 3.05) is 14.2 Å². The number of rotatable bonds is 4. The Balaban J connectivity index is 2.28. The van der Waals surface area contributed by atoms with Crippen molar-refractivity contribution in [3.63, 3.8) is 0 Å². The highest BCUT2D eigenvalue weighted by Crippen LogP contribution is 2.46. The monoisotopic (exact) mass is 224 g/mol. The maximum absolute atomic E-state index is 9.96. The average Bonchev–Trinajstić information content (AvgIpc) is 3.06. The number of aliphatic hydroxyl groups is 2. The van der Waals surface area contributed by atoms with Crippen molar-refractivity contribution in [1.29, 1.82) is 0 Å². The van der Waals surface area contributed by atoms with E-state index in [1.54, 1.807) is 32.4 Å². The molecule has 1 fully saturated rings. The molecule has 0 heterocycles. The minimum Gasteiger partial charge on any atom is -0.493 e. The van der Waals surface area contributed by atoms with Crippen LogP contribution in [0.2, 0.25) is 0 Å². The van der Waals surface area contributed by atoms with E-state index in [0.717, 1.165) is 0 Å². The van der Waals surface area contributed by atoms with E-state index in [2.05, 4.69) is 0 Å². The van der Waals surface area contributed by atoms with Crippen molar-refractivity contribution in [3.05, 3.63) is 23.8 Å². The van der Waals surface area contributed by atoms with Crippen LogP contribution in [0.5, 0.6) is 11.5 Å². The zero-order valence-corrected chi connectivity index (χ0v) is 9.43. The van der Waals surface area contributed by atoms with Gasteiger partial charge in [0.2, 0.25) is 0 Å². The molecule has 4 nitrogen and oxygen atoms in total. The topological polar surface area (TPSA) is 58.9 Å². The van der Waals surface area contributed by atoms with Crippen LogP contribution in [0, 0.1) is 0 Å². The Morgan fingerprint density at radius 1 is 1.19 bits per heavy atom. The molecule has 0 spiro atoms. The third-order valence-electron chi connectivity index (χ3n) is 2.99. The van der Waals surface area contributed by atoms with E-state index in [1.165, 1.54) is 0 Å². The van der Waals surface area contributed by atoms with Gasteiger partial charge >= 0.3 is 0 Å². The molecule has 1 aliphatic rings. The Morgan fingerprint density at radius 3 is 2.31 bits per heavy atom. The summed E-state index contributed by atoms with van der Waals surface area (Å²) < 4.78 is 10.2. The van der Waals surface area contributed by atoms with E-state index in [0.29, 0.717) is 29.9 Å². The summed E-state index contributed by atoms with van der Waals surface area (Å²) in [7, 11) is 3.10. The Hall–Kier alpha value is -1.26. The van der Waals surface area contributed by atoms with Gasteiger partial charge in [0.25, 0.3) is 0 Å². The number of ether oxygens (including phenoxy) is 2. The largest absolute Gasteiger partial charge is 0.493 e. The summed E-state index contributed by atoms with van der Waals surface area (Å²) in [5, 5.41) is 19.8. The normalized spacial score (nSPS) is 19.0. The Bertz CT molecular complexity index is 385. The quantitative estimate of drug-likeness (QED) is 0.808. The van der Waals surface area contributed by atoms with Crippen LogP contribution in [0.1, 0.15) is 24.5 Å². The van der Waals surface area contributed by atoms with E-state index in [9.17, 15) is 10.2 Å². The summed E-state index contributed by atoms with van der Waals surface area (Å²) in [6.45, 7) is 0. The van der Waals surface area contributed by atoms with Gasteiger partial charge in [0.1, 0.15) is 6.10 Å². The molecule has 2 N–H and O–H groups in total. The van der Waals surface area contributed by atoms with Gasteiger partial charge in [-0.3, -0.25) is 0 Å². The fraction of sp³-hybridized carbons (Fsp3) is 0.500. The first-order chi connectivity index (χ1) is 7.60. The SMILES string of the molecule is COc1ccc([C@H](O)C2(O)CC2)cc1OC. The maximum Gasteiger partial charge on any atom is 0.161 e. The van der Waals surface area contributed by atoms with Gasteiger partial charge in [-0.1, -0.05) is 6.07 Å². The summed E-state index contributed by atoms with van der Waals surface area (Å²) in [4.78, 5) is 0. The van der Waals surface area contributed by atoms with Crippen molar-refractivity contribution in [3.8, 4) is 11.5 Å². The lowest BCUT2D eigenvalue weighted by Gasteiger charge is -2.18. The van der Waals surface area contributed by atoms with Crippen molar-refractivity contribution in [2.24, 2.45) is 0 Å². The molecule has 0 aliphatic heterocycles. The van der Waals surface area contributed by atoms with Crippen LogP contribution < -0.4 is 9.47 Å². The standard InChI is InChI=1S/C12H16O4/c1-15-9-4-3-8(7-10(9)16-2)11(13)12(14)5-6-12/h3-4,7,11,13-14H,5-6H2,1-2H3/t11-/m0/s1. The molecule has 4 heteroatoms. The second kappa shape index (κ2) is 3.96. The fourth-order valence-electron chi connectivity index (χ4n) is 1.73. The molecule has 0 radical (unpaired) electrons. The predicted molar refractivity (Wildman–Crippen MR) is 58.7 cm³/mol. The molecule has 0 aromatic heterocycles. The van der Waals surface area contributed by atoms with Crippen LogP contribution in [0.25, 0.3) is 0 Å². The van der Waals surface area contributed by atoms with Gasteiger partial charge in [-0.15, -0.1) is 0 Å². The second-order valence-corrected chi connectivity index (χ2v) is 4.12. The number of methoxy groups -OCH3 is 2. The van der Waals surface area contributed by atoms with Gasteiger partial charge in [0, 0.05) is 0 Å². The van der Waals surface area contributed by atoms with Crippen LogP contribution in [0.3, 0.4) is 0 Å². The van der Waals surface area contributed by atoms with E-state index in [4.69, 9.17) is 9.47 Å². The average molecular weight is 224 g/mol. The van der Waals surface area contributed by atoms with E-state index in [1.807, 2.05) is 0 Å². The first-order valence-corrected chi connectivity index (χ1v) is 5.23. The highest BCUT2D eigenvalue weighted by atomic mass is 16.5. The number of hydrogen-bond acceptors (Lipinski definition) is 4. The van der Waals surface area contributed by atoms with E-state index in [-0.39, 0.29) is 0 Å². The van der Waals surface area contributed by atoms with Crippen molar-refractivity contribution >= 4 is 0 Å². The van der Waals surface area contributed by atoms with E-state index >= 15 is 0 Å². The highest BCUT2D eigenvalue weighted by Gasteiger charge is 2.47.